The third-order valence-corrected chi connectivity index (χ3v) is 4.50. The quantitative estimate of drug-likeness (QED) is 0.814. The van der Waals surface area contributed by atoms with Gasteiger partial charge in [-0.1, -0.05) is 19.8 Å². The topological polar surface area (TPSA) is 32.3 Å². The first-order valence-electron chi connectivity index (χ1n) is 7.28. The first kappa shape index (κ1) is 12.9. The zero-order valence-corrected chi connectivity index (χ0v) is 11.2. The number of carbonyl (C=O) groups is 1. The summed E-state index contributed by atoms with van der Waals surface area (Å²) in [6.07, 6.45) is 7.51. The Morgan fingerprint density at radius 3 is 2.65 bits per heavy atom. The van der Waals surface area contributed by atoms with Gasteiger partial charge in [-0.3, -0.25) is 4.79 Å². The van der Waals surface area contributed by atoms with E-state index in [-0.39, 0.29) is 6.04 Å². The zero-order chi connectivity index (χ0) is 12.3. The maximum absolute atomic E-state index is 12.4. The van der Waals surface area contributed by atoms with E-state index >= 15 is 0 Å². The van der Waals surface area contributed by atoms with Crippen LogP contribution in [-0.2, 0) is 4.79 Å². The fraction of sp³-hybridized carbons (Fsp3) is 0.929. The molecule has 2 atom stereocenters. The molecule has 0 aromatic heterocycles. The summed E-state index contributed by atoms with van der Waals surface area (Å²) in [5.41, 5.74) is 0. The van der Waals surface area contributed by atoms with Gasteiger partial charge in [0.25, 0.3) is 0 Å². The van der Waals surface area contributed by atoms with Gasteiger partial charge in [0, 0.05) is 12.6 Å². The van der Waals surface area contributed by atoms with Gasteiger partial charge < -0.3 is 10.2 Å². The smallest absolute Gasteiger partial charge is 0.239 e. The molecule has 1 aliphatic heterocycles. The lowest BCUT2D eigenvalue weighted by Gasteiger charge is -2.39. The van der Waals surface area contributed by atoms with Gasteiger partial charge in [-0.05, 0) is 45.1 Å². The molecule has 0 spiro atoms. The van der Waals surface area contributed by atoms with E-state index < -0.39 is 0 Å². The van der Waals surface area contributed by atoms with E-state index in [9.17, 15) is 4.79 Å². The second kappa shape index (κ2) is 5.85. The van der Waals surface area contributed by atoms with Crippen LogP contribution in [0.2, 0.25) is 0 Å². The zero-order valence-electron chi connectivity index (χ0n) is 11.2. The van der Waals surface area contributed by atoms with Gasteiger partial charge in [-0.25, -0.2) is 0 Å². The first-order chi connectivity index (χ1) is 8.24. The standard InChI is InChI=1S/C14H26N2O/c1-3-15-13-9-6-10-16(14(13)17)11(2)12-7-4-5-8-12/h11-13,15H,3-10H2,1-2H3. The molecule has 1 amide bonds. The molecule has 2 rings (SSSR count). The summed E-state index contributed by atoms with van der Waals surface area (Å²) in [6.45, 7) is 6.19. The molecule has 0 aromatic rings. The van der Waals surface area contributed by atoms with Crippen molar-refractivity contribution in [3.63, 3.8) is 0 Å². The normalized spacial score (nSPS) is 28.7. The number of nitrogens with one attached hydrogen (secondary N) is 1. The average molecular weight is 238 g/mol. The third kappa shape index (κ3) is 2.82. The van der Waals surface area contributed by atoms with Gasteiger partial charge in [0.1, 0.15) is 0 Å². The summed E-state index contributed by atoms with van der Waals surface area (Å²) in [7, 11) is 0. The molecule has 17 heavy (non-hydrogen) atoms. The number of hydrogen-bond donors (Lipinski definition) is 1. The van der Waals surface area contributed by atoms with E-state index in [1.807, 2.05) is 0 Å². The summed E-state index contributed by atoms with van der Waals surface area (Å²) in [6, 6.07) is 0.532. The summed E-state index contributed by atoms with van der Waals surface area (Å²) in [5, 5.41) is 3.32. The predicted molar refractivity (Wildman–Crippen MR) is 69.8 cm³/mol. The first-order valence-corrected chi connectivity index (χ1v) is 7.28. The molecule has 1 N–H and O–H groups in total. The van der Waals surface area contributed by atoms with E-state index in [0.29, 0.717) is 11.9 Å². The Labute approximate surface area is 105 Å². The fourth-order valence-corrected chi connectivity index (χ4v) is 3.43. The predicted octanol–water partition coefficient (Wildman–Crippen LogP) is 2.17. The van der Waals surface area contributed by atoms with Crippen molar-refractivity contribution < 1.29 is 4.79 Å². The van der Waals surface area contributed by atoms with Crippen LogP contribution >= 0.6 is 0 Å². The lowest BCUT2D eigenvalue weighted by atomic mass is 9.94. The van der Waals surface area contributed by atoms with Crippen molar-refractivity contribution in [3.8, 4) is 0 Å². The highest BCUT2D eigenvalue weighted by atomic mass is 16.2. The molecule has 1 saturated heterocycles. The van der Waals surface area contributed by atoms with Gasteiger partial charge in [0.15, 0.2) is 0 Å². The van der Waals surface area contributed by atoms with Crippen molar-refractivity contribution in [2.75, 3.05) is 13.1 Å². The van der Waals surface area contributed by atoms with Crippen LogP contribution in [0.15, 0.2) is 0 Å². The molecule has 3 nitrogen and oxygen atoms in total. The molecule has 0 bridgehead atoms. The van der Waals surface area contributed by atoms with Crippen molar-refractivity contribution in [1.82, 2.24) is 10.2 Å². The largest absolute Gasteiger partial charge is 0.338 e. The van der Waals surface area contributed by atoms with Gasteiger partial charge in [0.2, 0.25) is 5.91 Å². The molecule has 1 aliphatic carbocycles. The van der Waals surface area contributed by atoms with Crippen LogP contribution in [0.1, 0.15) is 52.4 Å². The van der Waals surface area contributed by atoms with Crippen LogP contribution < -0.4 is 5.32 Å². The van der Waals surface area contributed by atoms with Crippen molar-refractivity contribution in [3.05, 3.63) is 0 Å². The Hall–Kier alpha value is -0.570. The highest BCUT2D eigenvalue weighted by Crippen LogP contribution is 2.31. The lowest BCUT2D eigenvalue weighted by Crippen LogP contribution is -2.54. The summed E-state index contributed by atoms with van der Waals surface area (Å²) < 4.78 is 0. The van der Waals surface area contributed by atoms with Crippen LogP contribution in [-0.4, -0.2) is 36.0 Å². The van der Waals surface area contributed by atoms with Crippen molar-refractivity contribution >= 4 is 5.91 Å². The second-order valence-electron chi connectivity index (χ2n) is 5.57. The van der Waals surface area contributed by atoms with Crippen molar-refractivity contribution in [2.24, 2.45) is 5.92 Å². The molecule has 0 radical (unpaired) electrons. The van der Waals surface area contributed by atoms with Gasteiger partial charge >= 0.3 is 0 Å². The van der Waals surface area contributed by atoms with Crippen LogP contribution in [0.25, 0.3) is 0 Å². The molecule has 1 heterocycles. The Balaban J connectivity index is 1.96. The number of hydrogen-bond acceptors (Lipinski definition) is 2. The molecule has 1 saturated carbocycles. The summed E-state index contributed by atoms with van der Waals surface area (Å²) in [4.78, 5) is 14.5. The van der Waals surface area contributed by atoms with Gasteiger partial charge in [-0.15, -0.1) is 0 Å². The molecular weight excluding hydrogens is 212 g/mol. The Morgan fingerprint density at radius 2 is 2.00 bits per heavy atom. The minimum Gasteiger partial charge on any atom is -0.338 e. The number of likely N-dealkylation sites (tertiary alicyclic amines) is 1. The highest BCUT2D eigenvalue weighted by molar-refractivity contribution is 5.82. The monoisotopic (exact) mass is 238 g/mol. The number of rotatable bonds is 4. The maximum Gasteiger partial charge on any atom is 0.239 e. The molecule has 2 aliphatic rings. The SMILES string of the molecule is CCNC1CCCN(C(C)C2CCCC2)C1=O. The Bertz CT molecular complexity index is 259. The molecule has 2 unspecified atom stereocenters. The minimum atomic E-state index is 0.0811. The van der Waals surface area contributed by atoms with E-state index in [2.05, 4.69) is 24.1 Å². The van der Waals surface area contributed by atoms with Gasteiger partial charge in [-0.2, -0.15) is 0 Å². The molecule has 2 fully saturated rings. The minimum absolute atomic E-state index is 0.0811. The van der Waals surface area contributed by atoms with Crippen molar-refractivity contribution in [1.29, 1.82) is 0 Å². The van der Waals surface area contributed by atoms with E-state index in [4.69, 9.17) is 0 Å². The number of likely N-dealkylation sites (N-methyl/N-ethyl adjacent to an activating group) is 1. The molecular formula is C14H26N2O. The van der Waals surface area contributed by atoms with Gasteiger partial charge in [0.05, 0.1) is 6.04 Å². The summed E-state index contributed by atoms with van der Waals surface area (Å²) >= 11 is 0. The molecule has 98 valence electrons. The second-order valence-corrected chi connectivity index (χ2v) is 5.57. The van der Waals surface area contributed by atoms with E-state index in [1.54, 1.807) is 0 Å². The van der Waals surface area contributed by atoms with Crippen molar-refractivity contribution in [2.45, 2.75) is 64.5 Å². The number of carbonyl (C=O) groups excluding carboxylic acids is 1. The maximum atomic E-state index is 12.4. The highest BCUT2D eigenvalue weighted by Gasteiger charge is 2.34. The fourth-order valence-electron chi connectivity index (χ4n) is 3.43. The Kier molecular flexibility index (Phi) is 4.43. The molecule has 0 aromatic carbocycles. The van der Waals surface area contributed by atoms with Crippen LogP contribution in [0.5, 0.6) is 0 Å². The van der Waals surface area contributed by atoms with Crippen LogP contribution in [0.3, 0.4) is 0 Å². The summed E-state index contributed by atoms with van der Waals surface area (Å²) in [5.74, 6) is 1.09. The molecule has 3 heteroatoms. The van der Waals surface area contributed by atoms with Crippen LogP contribution in [0, 0.1) is 5.92 Å². The average Bonchev–Trinajstić information content (AvgIpc) is 2.85. The lowest BCUT2D eigenvalue weighted by molar-refractivity contribution is -0.139. The van der Waals surface area contributed by atoms with E-state index in [1.165, 1.54) is 25.7 Å². The third-order valence-electron chi connectivity index (χ3n) is 4.50. The number of nitrogens with zero attached hydrogens (tertiary/aromatic N) is 1. The number of amides is 1. The van der Waals surface area contributed by atoms with Crippen LogP contribution in [0.4, 0.5) is 0 Å². The Morgan fingerprint density at radius 1 is 1.29 bits per heavy atom. The van der Waals surface area contributed by atoms with E-state index in [0.717, 1.165) is 31.8 Å². The number of piperidine rings is 1.